The second kappa shape index (κ2) is 7.62. The van der Waals surface area contributed by atoms with Crippen LogP contribution in [0.4, 0.5) is 0 Å². The van der Waals surface area contributed by atoms with Gasteiger partial charge >= 0.3 is 5.97 Å². The third kappa shape index (κ3) is 4.98. The van der Waals surface area contributed by atoms with Crippen LogP contribution in [0.15, 0.2) is 21.5 Å². The Morgan fingerprint density at radius 2 is 2.10 bits per heavy atom. The maximum absolute atomic E-state index is 12.4. The van der Waals surface area contributed by atoms with Gasteiger partial charge in [0.05, 0.1) is 10.5 Å². The Kier molecular flexibility index (Phi) is 6.71. The number of sulfonamides is 1. The molecule has 1 rings (SSSR count). The fourth-order valence-electron chi connectivity index (χ4n) is 1.74. The SMILES string of the molecule is CSCCC(C)NS(=O)(=O)c1cc(C(=O)O)cc(Br)c1C. The Morgan fingerprint density at radius 1 is 1.48 bits per heavy atom. The van der Waals surface area contributed by atoms with E-state index in [-0.39, 0.29) is 16.5 Å². The standard InChI is InChI=1S/C13H18BrNO4S2/c1-8(4-5-20-3)15-21(18,19)12-7-10(13(16)17)6-11(14)9(12)2/h6-8,15H,4-5H2,1-3H3,(H,16,17). The van der Waals surface area contributed by atoms with Crippen LogP contribution < -0.4 is 4.72 Å². The van der Waals surface area contributed by atoms with E-state index in [4.69, 9.17) is 5.11 Å². The zero-order valence-corrected chi connectivity index (χ0v) is 15.2. The Labute approximate surface area is 137 Å². The van der Waals surface area contributed by atoms with Gasteiger partial charge in [-0.05, 0) is 50.0 Å². The van der Waals surface area contributed by atoms with E-state index in [0.29, 0.717) is 16.5 Å². The summed E-state index contributed by atoms with van der Waals surface area (Å²) >= 11 is 4.85. The number of halogens is 1. The molecule has 1 aromatic carbocycles. The molecule has 0 radical (unpaired) electrons. The summed E-state index contributed by atoms with van der Waals surface area (Å²) in [5.74, 6) is -0.316. The quantitative estimate of drug-likeness (QED) is 0.741. The number of benzene rings is 1. The van der Waals surface area contributed by atoms with E-state index >= 15 is 0 Å². The molecule has 2 N–H and O–H groups in total. The minimum atomic E-state index is -3.75. The van der Waals surface area contributed by atoms with Crippen molar-refractivity contribution in [2.75, 3.05) is 12.0 Å². The van der Waals surface area contributed by atoms with Crippen LogP contribution in [0.25, 0.3) is 0 Å². The average molecular weight is 396 g/mol. The predicted octanol–water partition coefficient (Wildman–Crippen LogP) is 2.88. The first-order valence-corrected chi connectivity index (χ1v) is 9.90. The van der Waals surface area contributed by atoms with Crippen molar-refractivity contribution in [2.45, 2.75) is 31.2 Å². The fourth-order valence-corrected chi connectivity index (χ4v) is 4.49. The van der Waals surface area contributed by atoms with Crippen molar-refractivity contribution in [3.05, 3.63) is 27.7 Å². The van der Waals surface area contributed by atoms with Gasteiger partial charge < -0.3 is 5.11 Å². The molecule has 0 aliphatic carbocycles. The smallest absolute Gasteiger partial charge is 0.335 e. The van der Waals surface area contributed by atoms with Crippen LogP contribution in [-0.2, 0) is 10.0 Å². The van der Waals surface area contributed by atoms with Crippen molar-refractivity contribution in [2.24, 2.45) is 0 Å². The van der Waals surface area contributed by atoms with Gasteiger partial charge in [0.25, 0.3) is 0 Å². The van der Waals surface area contributed by atoms with E-state index in [0.717, 1.165) is 5.75 Å². The van der Waals surface area contributed by atoms with Gasteiger partial charge in [-0.1, -0.05) is 15.9 Å². The highest BCUT2D eigenvalue weighted by Gasteiger charge is 2.22. The number of aromatic carboxylic acids is 1. The molecular formula is C13H18BrNO4S2. The molecular weight excluding hydrogens is 378 g/mol. The summed E-state index contributed by atoms with van der Waals surface area (Å²) in [7, 11) is -3.75. The summed E-state index contributed by atoms with van der Waals surface area (Å²) < 4.78 is 27.9. The third-order valence-corrected chi connectivity index (χ3v) is 6.13. The van der Waals surface area contributed by atoms with Gasteiger partial charge in [0.2, 0.25) is 10.0 Å². The van der Waals surface area contributed by atoms with Gasteiger partial charge in [-0.15, -0.1) is 0 Å². The lowest BCUT2D eigenvalue weighted by atomic mass is 10.1. The number of hydrogen-bond donors (Lipinski definition) is 2. The third-order valence-electron chi connectivity index (χ3n) is 2.94. The number of nitrogens with one attached hydrogen (secondary N) is 1. The number of carbonyl (C=O) groups is 1. The van der Waals surface area contributed by atoms with Gasteiger partial charge in [-0.3, -0.25) is 0 Å². The number of hydrogen-bond acceptors (Lipinski definition) is 4. The highest BCUT2D eigenvalue weighted by molar-refractivity contribution is 9.10. The van der Waals surface area contributed by atoms with E-state index in [1.54, 1.807) is 25.6 Å². The largest absolute Gasteiger partial charge is 0.478 e. The van der Waals surface area contributed by atoms with Crippen molar-refractivity contribution < 1.29 is 18.3 Å². The van der Waals surface area contributed by atoms with Crippen molar-refractivity contribution in [1.29, 1.82) is 0 Å². The number of rotatable bonds is 7. The van der Waals surface area contributed by atoms with Crippen LogP contribution in [0.3, 0.4) is 0 Å². The van der Waals surface area contributed by atoms with Gasteiger partial charge in [-0.2, -0.15) is 11.8 Å². The topological polar surface area (TPSA) is 83.5 Å². The van der Waals surface area contributed by atoms with Crippen LogP contribution in [0, 0.1) is 6.92 Å². The molecule has 0 heterocycles. The van der Waals surface area contributed by atoms with E-state index in [2.05, 4.69) is 20.7 Å². The van der Waals surface area contributed by atoms with E-state index in [1.165, 1.54) is 12.1 Å². The fraction of sp³-hybridized carbons (Fsp3) is 0.462. The summed E-state index contributed by atoms with van der Waals surface area (Å²) in [5.41, 5.74) is 0.425. The van der Waals surface area contributed by atoms with E-state index in [1.807, 2.05) is 6.26 Å². The van der Waals surface area contributed by atoms with Crippen LogP contribution in [-0.4, -0.2) is 37.5 Å². The molecule has 1 atom stereocenters. The number of carboxylic acids is 1. The first-order valence-electron chi connectivity index (χ1n) is 6.23. The van der Waals surface area contributed by atoms with Crippen LogP contribution in [0.2, 0.25) is 0 Å². The normalized spacial score (nSPS) is 13.1. The minimum Gasteiger partial charge on any atom is -0.478 e. The number of carboxylic acid groups (broad SMARTS) is 1. The van der Waals surface area contributed by atoms with Crippen LogP contribution in [0.5, 0.6) is 0 Å². The molecule has 0 aliphatic heterocycles. The Hall–Kier alpha value is -0.570. The Balaban J connectivity index is 3.16. The zero-order chi connectivity index (χ0) is 16.2. The predicted molar refractivity (Wildman–Crippen MR) is 88.6 cm³/mol. The first-order chi connectivity index (χ1) is 9.69. The second-order valence-electron chi connectivity index (χ2n) is 4.69. The van der Waals surface area contributed by atoms with Crippen LogP contribution >= 0.6 is 27.7 Å². The summed E-state index contributed by atoms with van der Waals surface area (Å²) in [6.45, 7) is 3.43. The van der Waals surface area contributed by atoms with Gasteiger partial charge in [0.15, 0.2) is 0 Å². The number of thioether (sulfide) groups is 1. The van der Waals surface area contributed by atoms with Crippen LogP contribution in [0.1, 0.15) is 29.3 Å². The summed E-state index contributed by atoms with van der Waals surface area (Å²) in [6.07, 6.45) is 2.66. The maximum Gasteiger partial charge on any atom is 0.335 e. The average Bonchev–Trinajstić information content (AvgIpc) is 2.38. The molecule has 8 heteroatoms. The zero-order valence-electron chi connectivity index (χ0n) is 12.0. The monoisotopic (exact) mass is 395 g/mol. The maximum atomic E-state index is 12.4. The lowest BCUT2D eigenvalue weighted by molar-refractivity contribution is 0.0696. The molecule has 0 aliphatic rings. The van der Waals surface area contributed by atoms with Gasteiger partial charge in [-0.25, -0.2) is 17.9 Å². The Morgan fingerprint density at radius 3 is 2.62 bits per heavy atom. The Bertz CT molecular complexity index is 631. The highest BCUT2D eigenvalue weighted by Crippen LogP contribution is 2.26. The van der Waals surface area contributed by atoms with E-state index < -0.39 is 16.0 Å². The molecule has 1 unspecified atom stereocenters. The molecule has 0 saturated carbocycles. The van der Waals surface area contributed by atoms with Gasteiger partial charge in [0.1, 0.15) is 0 Å². The van der Waals surface area contributed by atoms with E-state index in [9.17, 15) is 13.2 Å². The molecule has 0 fully saturated rings. The van der Waals surface area contributed by atoms with Crippen molar-refractivity contribution in [3.63, 3.8) is 0 Å². The molecule has 5 nitrogen and oxygen atoms in total. The van der Waals surface area contributed by atoms with Crippen molar-refractivity contribution >= 4 is 43.7 Å². The lowest BCUT2D eigenvalue weighted by Gasteiger charge is -2.16. The first kappa shape index (κ1) is 18.5. The summed E-state index contributed by atoms with van der Waals surface area (Å²) in [6, 6.07) is 2.37. The lowest BCUT2D eigenvalue weighted by Crippen LogP contribution is -2.33. The highest BCUT2D eigenvalue weighted by atomic mass is 79.9. The second-order valence-corrected chi connectivity index (χ2v) is 8.21. The van der Waals surface area contributed by atoms with Gasteiger partial charge in [0, 0.05) is 10.5 Å². The molecule has 0 amide bonds. The molecule has 118 valence electrons. The molecule has 0 aromatic heterocycles. The molecule has 0 spiro atoms. The molecule has 1 aromatic rings. The summed E-state index contributed by atoms with van der Waals surface area (Å²) in [5, 5.41) is 9.05. The molecule has 21 heavy (non-hydrogen) atoms. The minimum absolute atomic E-state index is 0.00900. The van der Waals surface area contributed by atoms with Crippen molar-refractivity contribution in [3.8, 4) is 0 Å². The van der Waals surface area contributed by atoms with Crippen molar-refractivity contribution in [1.82, 2.24) is 4.72 Å². The molecule has 0 bridgehead atoms. The summed E-state index contributed by atoms with van der Waals surface area (Å²) in [4.78, 5) is 11.1. The molecule has 0 saturated heterocycles.